The Labute approximate surface area is 303 Å². The molecule has 2 fully saturated rings. The minimum atomic E-state index is -4.59. The molecule has 1 N–H and O–H groups in total. The van der Waals surface area contributed by atoms with Crippen molar-refractivity contribution in [1.29, 1.82) is 0 Å². The van der Waals surface area contributed by atoms with Gasteiger partial charge in [0.25, 0.3) is 15.9 Å². The number of alkyl halides is 3. The van der Waals surface area contributed by atoms with E-state index in [-0.39, 0.29) is 46.1 Å². The van der Waals surface area contributed by atoms with E-state index in [1.165, 1.54) is 35.2 Å². The highest BCUT2D eigenvalue weighted by Gasteiger charge is 2.54. The molecule has 4 bridgehead atoms. The molecule has 1 aromatic heterocycles. The number of benzene rings is 2. The zero-order valence-corrected chi connectivity index (χ0v) is 31.2. The summed E-state index contributed by atoms with van der Waals surface area (Å²) < 4.78 is 79.6. The van der Waals surface area contributed by atoms with Crippen LogP contribution in [0.4, 0.5) is 19.1 Å². The number of hydrogen-bond acceptors (Lipinski definition) is 7. The number of carbonyl (C=O) groups excluding carboxylic acids is 2. The number of amides is 2. The van der Waals surface area contributed by atoms with Gasteiger partial charge in [-0.2, -0.15) is 18.2 Å². The third-order valence-corrected chi connectivity index (χ3v) is 12.3. The molecule has 1 aliphatic carbocycles. The van der Waals surface area contributed by atoms with Gasteiger partial charge >= 0.3 is 6.18 Å². The Bertz CT molecular complexity index is 1950. The number of nitrogens with one attached hydrogen (secondary N) is 1. The molecule has 6 rings (SSSR count). The first-order chi connectivity index (χ1) is 24.3. The van der Waals surface area contributed by atoms with Gasteiger partial charge in [-0.05, 0) is 80.7 Å². The number of hydrogen-bond donors (Lipinski definition) is 1. The molecule has 2 aromatic carbocycles. The van der Waals surface area contributed by atoms with Gasteiger partial charge in [-0.25, -0.2) is 18.1 Å². The maximum atomic E-state index is 14.6. The lowest BCUT2D eigenvalue weighted by molar-refractivity contribution is -0.219. The zero-order chi connectivity index (χ0) is 37.8. The normalized spacial score (nSPS) is 20.7. The van der Waals surface area contributed by atoms with E-state index in [1.807, 2.05) is 50.8 Å². The number of anilines is 1. The van der Waals surface area contributed by atoms with Crippen molar-refractivity contribution in [2.24, 2.45) is 16.7 Å². The smallest absolute Gasteiger partial charge is 0.394 e. The van der Waals surface area contributed by atoms with Crippen molar-refractivity contribution in [3.63, 3.8) is 0 Å². The number of rotatable bonds is 5. The van der Waals surface area contributed by atoms with Crippen LogP contribution >= 0.6 is 0 Å². The van der Waals surface area contributed by atoms with E-state index in [1.54, 1.807) is 0 Å². The second-order valence-electron chi connectivity index (χ2n) is 15.6. The van der Waals surface area contributed by atoms with Crippen LogP contribution in [0.2, 0.25) is 0 Å². The molecule has 3 heterocycles. The number of carbonyl (C=O) groups is 2. The van der Waals surface area contributed by atoms with Crippen molar-refractivity contribution in [3.8, 4) is 17.1 Å². The average molecular weight is 742 g/mol. The van der Waals surface area contributed by atoms with Crippen molar-refractivity contribution < 1.29 is 35.9 Å². The fourth-order valence-electron chi connectivity index (χ4n) is 7.88. The van der Waals surface area contributed by atoms with E-state index >= 15 is 0 Å². The standard InChI is InChI=1S/C38H46F3N5O5S/c1-23(2)33(47)45-15-13-37(14-16-45)20-27(21-37)46-28(19-36(5,6)38(39,40)41)22-51-31-18-30(32-24(3)9-7-10-25(32)4)42-35(43-31)44-52(49,50)29-12-8-11-26(17-29)34(46)48/h7-12,17-18,23,27-28H,13-16,19-22H2,1-6H3,(H,42,43,44)/t28-/m1/s1. The summed E-state index contributed by atoms with van der Waals surface area (Å²) in [6.45, 7) is 10.6. The molecule has 1 saturated heterocycles. The lowest BCUT2D eigenvalue weighted by atomic mass is 9.59. The number of piperidine rings is 1. The van der Waals surface area contributed by atoms with Gasteiger partial charge in [0.1, 0.15) is 6.61 Å². The van der Waals surface area contributed by atoms with Crippen LogP contribution in [0.25, 0.3) is 11.3 Å². The summed E-state index contributed by atoms with van der Waals surface area (Å²) >= 11 is 0. The summed E-state index contributed by atoms with van der Waals surface area (Å²) in [6, 6.07) is 11.2. The van der Waals surface area contributed by atoms with E-state index < -0.39 is 46.0 Å². The largest absolute Gasteiger partial charge is 0.475 e. The van der Waals surface area contributed by atoms with Crippen molar-refractivity contribution in [2.75, 3.05) is 24.4 Å². The van der Waals surface area contributed by atoms with Crippen molar-refractivity contribution in [1.82, 2.24) is 19.8 Å². The van der Waals surface area contributed by atoms with Crippen LogP contribution < -0.4 is 9.46 Å². The molecule has 52 heavy (non-hydrogen) atoms. The Morgan fingerprint density at radius 3 is 2.27 bits per heavy atom. The van der Waals surface area contributed by atoms with Gasteiger partial charge in [0.2, 0.25) is 17.7 Å². The predicted molar refractivity (Wildman–Crippen MR) is 190 cm³/mol. The van der Waals surface area contributed by atoms with E-state index in [2.05, 4.69) is 14.7 Å². The van der Waals surface area contributed by atoms with Crippen LogP contribution in [0, 0.1) is 30.6 Å². The Balaban J connectivity index is 1.43. The quantitative estimate of drug-likeness (QED) is 0.294. The maximum absolute atomic E-state index is 14.6. The summed E-state index contributed by atoms with van der Waals surface area (Å²) in [6.07, 6.45) is -2.53. The number of likely N-dealkylation sites (tertiary alicyclic amines) is 1. The lowest BCUT2D eigenvalue weighted by Crippen LogP contribution is -2.61. The molecule has 0 radical (unpaired) electrons. The number of ether oxygens (including phenoxy) is 1. The molecule has 10 nitrogen and oxygen atoms in total. The molecular formula is C38H46F3N5O5S. The highest BCUT2D eigenvalue weighted by Crippen LogP contribution is 2.53. The van der Waals surface area contributed by atoms with Crippen LogP contribution in [0.1, 0.15) is 81.3 Å². The van der Waals surface area contributed by atoms with E-state index in [9.17, 15) is 31.2 Å². The Kier molecular flexibility index (Phi) is 9.86. The SMILES string of the molecule is Cc1cccc(C)c1-c1cc2nc(n1)NS(=O)(=O)c1cccc(c1)C(=O)N(C1CC3(CCN(C(=O)C(C)C)CC3)C1)[C@H](CC(C)(C)C(F)(F)F)CO2. The number of aryl methyl sites for hydroxylation is 2. The molecule has 1 saturated carbocycles. The first-order valence-corrected chi connectivity index (χ1v) is 19.2. The zero-order valence-electron chi connectivity index (χ0n) is 30.4. The maximum Gasteiger partial charge on any atom is 0.394 e. The van der Waals surface area contributed by atoms with Crippen molar-refractivity contribution in [2.45, 2.75) is 96.8 Å². The number of aromatic nitrogens is 2. The van der Waals surface area contributed by atoms with Crippen molar-refractivity contribution >= 4 is 27.8 Å². The summed E-state index contributed by atoms with van der Waals surface area (Å²) in [4.78, 5) is 39.2. The van der Waals surface area contributed by atoms with Gasteiger partial charge in [0.15, 0.2) is 0 Å². The summed E-state index contributed by atoms with van der Waals surface area (Å²) in [5.74, 6) is -0.944. The molecule has 0 unspecified atom stereocenters. The summed E-state index contributed by atoms with van der Waals surface area (Å²) in [5.41, 5.74) is 0.484. The van der Waals surface area contributed by atoms with Crippen LogP contribution in [0.5, 0.6) is 5.88 Å². The van der Waals surface area contributed by atoms with Crippen molar-refractivity contribution in [3.05, 3.63) is 65.2 Å². The first-order valence-electron chi connectivity index (χ1n) is 17.7. The predicted octanol–water partition coefficient (Wildman–Crippen LogP) is 7.17. The molecule has 14 heteroatoms. The number of nitrogens with zero attached hydrogens (tertiary/aromatic N) is 4. The monoisotopic (exact) mass is 741 g/mol. The second kappa shape index (κ2) is 13.7. The fourth-order valence-corrected chi connectivity index (χ4v) is 8.87. The van der Waals surface area contributed by atoms with Gasteiger partial charge in [0, 0.05) is 42.2 Å². The topological polar surface area (TPSA) is 122 Å². The highest BCUT2D eigenvalue weighted by molar-refractivity contribution is 7.92. The Morgan fingerprint density at radius 1 is 1.02 bits per heavy atom. The van der Waals surface area contributed by atoms with Crippen LogP contribution in [-0.2, 0) is 14.8 Å². The van der Waals surface area contributed by atoms with Gasteiger partial charge in [-0.3, -0.25) is 9.59 Å². The third-order valence-electron chi connectivity index (χ3n) is 11.0. The Morgan fingerprint density at radius 2 is 1.65 bits per heavy atom. The minimum absolute atomic E-state index is 0.0269. The number of halogens is 3. The molecule has 2 aliphatic heterocycles. The van der Waals surface area contributed by atoms with Crippen LogP contribution in [0.15, 0.2) is 53.4 Å². The molecule has 3 aromatic rings. The van der Waals surface area contributed by atoms with E-state index in [4.69, 9.17) is 4.74 Å². The van der Waals surface area contributed by atoms with E-state index in [0.717, 1.165) is 43.4 Å². The fraction of sp³-hybridized carbons (Fsp3) is 0.526. The van der Waals surface area contributed by atoms with Gasteiger partial charge in [0.05, 0.1) is 22.0 Å². The van der Waals surface area contributed by atoms with Crippen LogP contribution in [0.3, 0.4) is 0 Å². The summed E-state index contributed by atoms with van der Waals surface area (Å²) in [5, 5.41) is 0. The van der Waals surface area contributed by atoms with E-state index in [0.29, 0.717) is 31.6 Å². The minimum Gasteiger partial charge on any atom is -0.475 e. The molecule has 2 amide bonds. The summed E-state index contributed by atoms with van der Waals surface area (Å²) in [7, 11) is -4.32. The third kappa shape index (κ3) is 7.35. The van der Waals surface area contributed by atoms with Gasteiger partial charge in [-0.15, -0.1) is 0 Å². The number of sulfonamides is 1. The van der Waals surface area contributed by atoms with Gasteiger partial charge < -0.3 is 14.5 Å². The molecular weight excluding hydrogens is 696 g/mol. The molecule has 1 spiro atoms. The molecule has 280 valence electrons. The van der Waals surface area contributed by atoms with Gasteiger partial charge in [-0.1, -0.05) is 52.0 Å². The number of fused-ring (bicyclic) bond motifs is 4. The molecule has 1 atom stereocenters. The first kappa shape index (κ1) is 37.6. The lowest BCUT2D eigenvalue weighted by Gasteiger charge is -2.57. The second-order valence-corrected chi connectivity index (χ2v) is 17.3. The van der Waals surface area contributed by atoms with Crippen LogP contribution in [-0.4, -0.2) is 78.0 Å². The molecule has 3 aliphatic rings. The Hall–Kier alpha value is -4.20. The average Bonchev–Trinajstić information content (AvgIpc) is 3.05. The highest BCUT2D eigenvalue weighted by atomic mass is 32.2.